The number of fused-ring (bicyclic) bond motifs is 1. The van der Waals surface area contributed by atoms with Crippen LogP contribution in [0.25, 0.3) is 0 Å². The van der Waals surface area contributed by atoms with Gasteiger partial charge in [-0.2, -0.15) is 0 Å². The number of aryl methyl sites for hydroxylation is 1. The molecule has 2 aromatic rings. The summed E-state index contributed by atoms with van der Waals surface area (Å²) in [6.45, 7) is 2.65. The predicted molar refractivity (Wildman–Crippen MR) is 92.9 cm³/mol. The summed E-state index contributed by atoms with van der Waals surface area (Å²) >= 11 is 0. The molecule has 22 heavy (non-hydrogen) atoms. The van der Waals surface area contributed by atoms with Gasteiger partial charge in [0.05, 0.1) is 6.04 Å². The number of pyridine rings is 1. The fourth-order valence-electron chi connectivity index (χ4n) is 2.49. The third kappa shape index (κ3) is 4.19. The van der Waals surface area contributed by atoms with Crippen LogP contribution in [-0.4, -0.2) is 16.9 Å². The second-order valence-corrected chi connectivity index (χ2v) is 5.08. The van der Waals surface area contributed by atoms with E-state index in [4.69, 9.17) is 0 Å². The quantitative estimate of drug-likeness (QED) is 0.884. The van der Waals surface area contributed by atoms with E-state index in [1.54, 1.807) is 6.20 Å². The molecule has 2 N–H and O–H groups in total. The van der Waals surface area contributed by atoms with Crippen LogP contribution in [0.3, 0.4) is 0 Å². The van der Waals surface area contributed by atoms with Gasteiger partial charge in [0.1, 0.15) is 0 Å². The molecule has 0 radical (unpaired) electrons. The monoisotopic (exact) mass is 339 g/mol. The first-order valence-corrected chi connectivity index (χ1v) is 6.76. The minimum atomic E-state index is -0.182. The number of rotatable bonds is 2. The van der Waals surface area contributed by atoms with Gasteiger partial charge in [0.15, 0.2) is 0 Å². The first-order chi connectivity index (χ1) is 9.72. The number of anilines is 1. The van der Waals surface area contributed by atoms with Gasteiger partial charge >= 0.3 is 0 Å². The first kappa shape index (κ1) is 18.4. The predicted octanol–water partition coefficient (Wildman–Crippen LogP) is 2.89. The molecular weight excluding hydrogens is 321 g/mol. The molecule has 6 heteroatoms. The Kier molecular flexibility index (Phi) is 6.81. The van der Waals surface area contributed by atoms with E-state index in [1.165, 1.54) is 11.1 Å². The lowest BCUT2D eigenvalue weighted by atomic mass is 9.95. The molecule has 0 saturated carbocycles. The highest BCUT2D eigenvalue weighted by molar-refractivity contribution is 5.95. The minimum Gasteiger partial charge on any atom is -0.325 e. The maximum absolute atomic E-state index is 12.3. The van der Waals surface area contributed by atoms with Crippen LogP contribution in [-0.2, 0) is 17.8 Å². The Bertz CT molecular complexity index is 649. The third-order valence-electron chi connectivity index (χ3n) is 3.56. The molecule has 1 aliphatic rings. The average molecular weight is 340 g/mol. The van der Waals surface area contributed by atoms with Crippen LogP contribution in [0, 0.1) is 6.92 Å². The van der Waals surface area contributed by atoms with E-state index in [1.807, 2.05) is 31.2 Å². The fourth-order valence-corrected chi connectivity index (χ4v) is 2.49. The molecule has 0 bridgehead atoms. The second kappa shape index (κ2) is 8.13. The van der Waals surface area contributed by atoms with Gasteiger partial charge in [-0.25, -0.2) is 0 Å². The van der Waals surface area contributed by atoms with Crippen molar-refractivity contribution in [2.75, 3.05) is 5.32 Å². The van der Waals surface area contributed by atoms with E-state index < -0.39 is 0 Å². The molecule has 1 atom stereocenters. The molecule has 1 aromatic carbocycles. The van der Waals surface area contributed by atoms with Crippen LogP contribution < -0.4 is 10.6 Å². The SMILES string of the molecule is Cc1cc(NC(=O)C2Cc3ccccc3CN2)ccn1.Cl.Cl. The Balaban J connectivity index is 0.00000121. The summed E-state index contributed by atoms with van der Waals surface area (Å²) in [6, 6.07) is 11.7. The van der Waals surface area contributed by atoms with Crippen molar-refractivity contribution < 1.29 is 4.79 Å². The summed E-state index contributed by atoms with van der Waals surface area (Å²) < 4.78 is 0. The number of carbonyl (C=O) groups is 1. The molecule has 3 rings (SSSR count). The molecule has 0 spiro atoms. The van der Waals surface area contributed by atoms with Gasteiger partial charge in [-0.05, 0) is 36.6 Å². The number of hydrogen-bond acceptors (Lipinski definition) is 3. The zero-order chi connectivity index (χ0) is 13.9. The number of halogens is 2. The number of nitrogens with zero attached hydrogens (tertiary/aromatic N) is 1. The Hall–Kier alpha value is -1.62. The zero-order valence-electron chi connectivity index (χ0n) is 12.2. The van der Waals surface area contributed by atoms with Gasteiger partial charge in [0, 0.05) is 24.1 Å². The highest BCUT2D eigenvalue weighted by Crippen LogP contribution is 2.17. The van der Waals surface area contributed by atoms with E-state index in [-0.39, 0.29) is 36.8 Å². The minimum absolute atomic E-state index is 0. The molecule has 4 nitrogen and oxygen atoms in total. The Morgan fingerprint density at radius 1 is 1.23 bits per heavy atom. The Morgan fingerprint density at radius 2 is 1.95 bits per heavy atom. The normalized spacial score (nSPS) is 15.8. The van der Waals surface area contributed by atoms with Crippen LogP contribution in [0.4, 0.5) is 5.69 Å². The summed E-state index contributed by atoms with van der Waals surface area (Å²) in [7, 11) is 0. The third-order valence-corrected chi connectivity index (χ3v) is 3.56. The van der Waals surface area contributed by atoms with Crippen molar-refractivity contribution in [3.63, 3.8) is 0 Å². The number of amides is 1. The van der Waals surface area contributed by atoms with E-state index in [0.717, 1.165) is 24.3 Å². The van der Waals surface area contributed by atoms with E-state index in [0.29, 0.717) is 0 Å². The highest BCUT2D eigenvalue weighted by atomic mass is 35.5. The van der Waals surface area contributed by atoms with Crippen molar-refractivity contribution in [2.24, 2.45) is 0 Å². The molecule has 0 aliphatic carbocycles. The lowest BCUT2D eigenvalue weighted by molar-refractivity contribution is -0.118. The van der Waals surface area contributed by atoms with E-state index in [9.17, 15) is 4.79 Å². The number of carbonyl (C=O) groups excluding carboxylic acids is 1. The molecule has 1 unspecified atom stereocenters. The van der Waals surface area contributed by atoms with Crippen LogP contribution in [0.5, 0.6) is 0 Å². The summed E-state index contributed by atoms with van der Waals surface area (Å²) in [5, 5.41) is 6.22. The molecule has 0 saturated heterocycles. The van der Waals surface area contributed by atoms with Crippen molar-refractivity contribution in [3.05, 3.63) is 59.4 Å². The fraction of sp³-hybridized carbons (Fsp3) is 0.250. The average Bonchev–Trinajstić information content (AvgIpc) is 2.47. The van der Waals surface area contributed by atoms with Crippen molar-refractivity contribution in [2.45, 2.75) is 25.9 Å². The maximum Gasteiger partial charge on any atom is 0.241 e. The van der Waals surface area contributed by atoms with Gasteiger partial charge in [0.25, 0.3) is 0 Å². The molecule has 1 aromatic heterocycles. The Morgan fingerprint density at radius 3 is 2.68 bits per heavy atom. The second-order valence-electron chi connectivity index (χ2n) is 5.08. The summed E-state index contributed by atoms with van der Waals surface area (Å²) in [5.41, 5.74) is 4.21. The Labute approximate surface area is 142 Å². The van der Waals surface area contributed by atoms with Gasteiger partial charge in [-0.1, -0.05) is 24.3 Å². The molecule has 2 heterocycles. The lowest BCUT2D eigenvalue weighted by Gasteiger charge is -2.25. The van der Waals surface area contributed by atoms with Crippen LogP contribution in [0.15, 0.2) is 42.6 Å². The molecule has 1 amide bonds. The van der Waals surface area contributed by atoms with Gasteiger partial charge < -0.3 is 10.6 Å². The van der Waals surface area contributed by atoms with Gasteiger partial charge in [0.2, 0.25) is 5.91 Å². The van der Waals surface area contributed by atoms with Crippen LogP contribution >= 0.6 is 24.8 Å². The molecule has 1 aliphatic heterocycles. The van der Waals surface area contributed by atoms with Crippen molar-refractivity contribution >= 4 is 36.4 Å². The number of hydrogen-bond donors (Lipinski definition) is 2. The zero-order valence-corrected chi connectivity index (χ0v) is 13.8. The maximum atomic E-state index is 12.3. The number of nitrogens with one attached hydrogen (secondary N) is 2. The van der Waals surface area contributed by atoms with E-state index in [2.05, 4.69) is 27.8 Å². The smallest absolute Gasteiger partial charge is 0.241 e. The van der Waals surface area contributed by atoms with Crippen LogP contribution in [0.1, 0.15) is 16.8 Å². The summed E-state index contributed by atoms with van der Waals surface area (Å²) in [5.74, 6) is 0.00473. The van der Waals surface area contributed by atoms with Gasteiger partial charge in [-0.15, -0.1) is 24.8 Å². The highest BCUT2D eigenvalue weighted by Gasteiger charge is 2.23. The van der Waals surface area contributed by atoms with Crippen molar-refractivity contribution in [1.82, 2.24) is 10.3 Å². The number of benzene rings is 1. The molecule has 118 valence electrons. The lowest BCUT2D eigenvalue weighted by Crippen LogP contribution is -2.44. The summed E-state index contributed by atoms with van der Waals surface area (Å²) in [6.07, 6.45) is 2.43. The molecular formula is C16H19Cl2N3O. The topological polar surface area (TPSA) is 54.0 Å². The summed E-state index contributed by atoms with van der Waals surface area (Å²) in [4.78, 5) is 16.4. The molecule has 0 fully saturated rings. The van der Waals surface area contributed by atoms with Crippen LogP contribution in [0.2, 0.25) is 0 Å². The van der Waals surface area contributed by atoms with Gasteiger partial charge in [-0.3, -0.25) is 9.78 Å². The van der Waals surface area contributed by atoms with E-state index >= 15 is 0 Å². The van der Waals surface area contributed by atoms with Crippen molar-refractivity contribution in [1.29, 1.82) is 0 Å². The standard InChI is InChI=1S/C16H17N3O.2ClH/c1-11-8-14(6-7-17-11)19-16(20)15-9-12-4-2-3-5-13(12)10-18-15;;/h2-8,15,18H,9-10H2,1H3,(H,17,19,20);2*1H. The number of aromatic nitrogens is 1. The first-order valence-electron chi connectivity index (χ1n) is 6.76. The van der Waals surface area contributed by atoms with Crippen molar-refractivity contribution in [3.8, 4) is 0 Å². The largest absolute Gasteiger partial charge is 0.325 e.